The standard InChI is InChI=1S/C26H32BrN5O2/c1-15-11-21(16(2)17(3)26(15,4)5)30-22-13-29-32(25(34)24(22)27)14-23(33)31-20-8-6-7-18-12-28-10-9-19(18)20/h6-10,12-13,15-17,21,30H,11,14H2,1-5H3,(H,31,33)/t15-,16+,17+,21+/m0/s1. The molecule has 1 fully saturated rings. The Kier molecular flexibility index (Phi) is 6.80. The van der Waals surface area contributed by atoms with Gasteiger partial charge < -0.3 is 10.6 Å². The van der Waals surface area contributed by atoms with E-state index in [0.29, 0.717) is 33.6 Å². The highest BCUT2D eigenvalue weighted by Crippen LogP contribution is 2.48. The average molecular weight is 526 g/mol. The molecule has 0 radical (unpaired) electrons. The number of nitrogens with zero attached hydrogens (tertiary/aromatic N) is 3. The van der Waals surface area contributed by atoms with Crippen LogP contribution in [0.15, 0.2) is 52.1 Å². The SMILES string of the molecule is C[C@@H]1[C@@H](C)C(C)(C)[C@@H](C)C[C@H]1Nc1cnn(CC(=O)Nc2cccc3cnccc23)c(=O)c1Br. The molecule has 8 heteroatoms. The Labute approximate surface area is 208 Å². The molecule has 4 rings (SSSR count). The molecule has 7 nitrogen and oxygen atoms in total. The molecule has 0 aliphatic heterocycles. The summed E-state index contributed by atoms with van der Waals surface area (Å²) in [6.07, 6.45) is 6.08. The molecule has 2 aromatic heterocycles. The maximum absolute atomic E-state index is 13.0. The Morgan fingerprint density at radius 1 is 1.18 bits per heavy atom. The molecule has 34 heavy (non-hydrogen) atoms. The molecule has 1 aliphatic rings. The fourth-order valence-electron chi connectivity index (χ4n) is 5.00. The first-order valence-corrected chi connectivity index (χ1v) is 12.5. The lowest BCUT2D eigenvalue weighted by Crippen LogP contribution is -2.48. The van der Waals surface area contributed by atoms with Crippen molar-refractivity contribution in [3.05, 3.63) is 57.7 Å². The summed E-state index contributed by atoms with van der Waals surface area (Å²) in [5, 5.41) is 12.5. The monoisotopic (exact) mass is 525 g/mol. The van der Waals surface area contributed by atoms with E-state index >= 15 is 0 Å². The minimum Gasteiger partial charge on any atom is -0.380 e. The highest BCUT2D eigenvalue weighted by atomic mass is 79.9. The highest BCUT2D eigenvalue weighted by molar-refractivity contribution is 9.10. The lowest BCUT2D eigenvalue weighted by molar-refractivity contribution is -0.117. The summed E-state index contributed by atoms with van der Waals surface area (Å²) >= 11 is 3.45. The topological polar surface area (TPSA) is 88.9 Å². The average Bonchev–Trinajstić information content (AvgIpc) is 2.81. The maximum atomic E-state index is 13.0. The Morgan fingerprint density at radius 2 is 1.94 bits per heavy atom. The molecule has 0 saturated heterocycles. The van der Waals surface area contributed by atoms with Gasteiger partial charge in [0.05, 0.1) is 11.9 Å². The second kappa shape index (κ2) is 9.49. The van der Waals surface area contributed by atoms with Crippen molar-refractivity contribution in [3.8, 4) is 0 Å². The molecule has 0 spiro atoms. The minimum absolute atomic E-state index is 0.179. The number of aromatic nitrogens is 3. The third kappa shape index (κ3) is 4.60. The summed E-state index contributed by atoms with van der Waals surface area (Å²) in [5.41, 5.74) is 1.27. The zero-order chi connectivity index (χ0) is 24.6. The summed E-state index contributed by atoms with van der Waals surface area (Å²) in [5.74, 6) is 1.21. The van der Waals surface area contributed by atoms with Gasteiger partial charge in [-0.1, -0.05) is 46.8 Å². The van der Waals surface area contributed by atoms with Crippen molar-refractivity contribution in [2.75, 3.05) is 10.6 Å². The van der Waals surface area contributed by atoms with Gasteiger partial charge in [0, 0.05) is 34.9 Å². The molecule has 1 aliphatic carbocycles. The summed E-state index contributed by atoms with van der Waals surface area (Å²) in [7, 11) is 0. The van der Waals surface area contributed by atoms with Crippen LogP contribution in [-0.2, 0) is 11.3 Å². The van der Waals surface area contributed by atoms with E-state index in [1.807, 2.05) is 24.3 Å². The van der Waals surface area contributed by atoms with E-state index in [1.54, 1.807) is 18.6 Å². The van der Waals surface area contributed by atoms with Gasteiger partial charge in [0.2, 0.25) is 5.91 Å². The number of rotatable bonds is 5. The van der Waals surface area contributed by atoms with Crippen LogP contribution < -0.4 is 16.2 Å². The van der Waals surface area contributed by atoms with E-state index in [0.717, 1.165) is 17.2 Å². The second-order valence-corrected chi connectivity index (χ2v) is 10.9. The summed E-state index contributed by atoms with van der Waals surface area (Å²) in [4.78, 5) is 29.8. The molecular weight excluding hydrogens is 494 g/mol. The highest BCUT2D eigenvalue weighted by Gasteiger charge is 2.43. The Balaban J connectivity index is 1.48. The number of carbonyl (C=O) groups is 1. The number of carbonyl (C=O) groups excluding carboxylic acids is 1. The van der Waals surface area contributed by atoms with E-state index in [-0.39, 0.29) is 29.5 Å². The Bertz CT molecular complexity index is 1270. The maximum Gasteiger partial charge on any atom is 0.283 e. The molecular formula is C26H32BrN5O2. The minimum atomic E-state index is -0.341. The molecule has 2 heterocycles. The number of halogens is 1. The van der Waals surface area contributed by atoms with Crippen LogP contribution in [0, 0.1) is 23.2 Å². The van der Waals surface area contributed by atoms with Crippen LogP contribution in [0.25, 0.3) is 10.8 Å². The van der Waals surface area contributed by atoms with Gasteiger partial charge in [-0.25, -0.2) is 4.68 Å². The first-order chi connectivity index (χ1) is 16.1. The van der Waals surface area contributed by atoms with Gasteiger partial charge in [0.1, 0.15) is 11.0 Å². The fourth-order valence-corrected chi connectivity index (χ4v) is 5.42. The second-order valence-electron chi connectivity index (χ2n) is 10.1. The molecule has 0 unspecified atom stereocenters. The van der Waals surface area contributed by atoms with Crippen LogP contribution in [0.2, 0.25) is 0 Å². The van der Waals surface area contributed by atoms with Crippen molar-refractivity contribution in [2.24, 2.45) is 23.2 Å². The number of fused-ring (bicyclic) bond motifs is 1. The predicted octanol–water partition coefficient (Wildman–Crippen LogP) is 5.31. The quantitative estimate of drug-likeness (QED) is 0.471. The lowest BCUT2D eigenvalue weighted by atomic mass is 9.58. The van der Waals surface area contributed by atoms with E-state index in [2.05, 4.69) is 71.3 Å². The van der Waals surface area contributed by atoms with Crippen LogP contribution in [0.5, 0.6) is 0 Å². The van der Waals surface area contributed by atoms with Crippen molar-refractivity contribution in [3.63, 3.8) is 0 Å². The Morgan fingerprint density at radius 3 is 2.71 bits per heavy atom. The summed E-state index contributed by atoms with van der Waals surface area (Å²) in [6, 6.07) is 7.71. The van der Waals surface area contributed by atoms with Gasteiger partial charge in [-0.2, -0.15) is 5.10 Å². The first-order valence-electron chi connectivity index (χ1n) is 11.7. The van der Waals surface area contributed by atoms with Crippen molar-refractivity contribution >= 4 is 44.0 Å². The Hall–Kier alpha value is -2.74. The van der Waals surface area contributed by atoms with Crippen molar-refractivity contribution in [1.29, 1.82) is 0 Å². The van der Waals surface area contributed by atoms with Crippen LogP contribution in [0.3, 0.4) is 0 Å². The zero-order valence-electron chi connectivity index (χ0n) is 20.3. The molecule has 4 atom stereocenters. The smallest absolute Gasteiger partial charge is 0.283 e. The molecule has 3 aromatic rings. The number of nitrogens with one attached hydrogen (secondary N) is 2. The normalized spacial score (nSPS) is 24.1. The van der Waals surface area contributed by atoms with Gasteiger partial charge in [-0.3, -0.25) is 14.6 Å². The molecule has 2 N–H and O–H groups in total. The van der Waals surface area contributed by atoms with E-state index in [4.69, 9.17) is 0 Å². The zero-order valence-corrected chi connectivity index (χ0v) is 21.9. The van der Waals surface area contributed by atoms with Crippen molar-refractivity contribution in [1.82, 2.24) is 14.8 Å². The van der Waals surface area contributed by atoms with Gasteiger partial charge in [-0.05, 0) is 57.7 Å². The first kappa shape index (κ1) is 24.4. The molecule has 1 saturated carbocycles. The van der Waals surface area contributed by atoms with Crippen LogP contribution in [0.1, 0.15) is 41.0 Å². The van der Waals surface area contributed by atoms with Crippen LogP contribution >= 0.6 is 15.9 Å². The number of anilines is 2. The van der Waals surface area contributed by atoms with Gasteiger partial charge >= 0.3 is 0 Å². The van der Waals surface area contributed by atoms with Gasteiger partial charge in [0.25, 0.3) is 5.56 Å². The molecule has 1 amide bonds. The van der Waals surface area contributed by atoms with Crippen LogP contribution in [0.4, 0.5) is 11.4 Å². The lowest BCUT2D eigenvalue weighted by Gasteiger charge is -2.50. The molecule has 1 aromatic carbocycles. The number of benzene rings is 1. The van der Waals surface area contributed by atoms with Crippen molar-refractivity contribution < 1.29 is 4.79 Å². The predicted molar refractivity (Wildman–Crippen MR) is 140 cm³/mol. The summed E-state index contributed by atoms with van der Waals surface area (Å²) < 4.78 is 1.57. The molecule has 0 bridgehead atoms. The van der Waals surface area contributed by atoms with Gasteiger partial charge in [-0.15, -0.1) is 0 Å². The van der Waals surface area contributed by atoms with Crippen LogP contribution in [-0.4, -0.2) is 26.7 Å². The number of hydrogen-bond acceptors (Lipinski definition) is 5. The third-order valence-electron chi connectivity index (χ3n) is 8.05. The third-order valence-corrected chi connectivity index (χ3v) is 8.81. The van der Waals surface area contributed by atoms with E-state index < -0.39 is 0 Å². The summed E-state index contributed by atoms with van der Waals surface area (Å²) in [6.45, 7) is 11.4. The number of hydrogen-bond donors (Lipinski definition) is 2. The fraction of sp³-hybridized carbons (Fsp3) is 0.462. The van der Waals surface area contributed by atoms with E-state index in [9.17, 15) is 9.59 Å². The number of amides is 1. The van der Waals surface area contributed by atoms with E-state index in [1.165, 1.54) is 4.68 Å². The number of pyridine rings is 1. The largest absolute Gasteiger partial charge is 0.380 e. The van der Waals surface area contributed by atoms with Crippen molar-refractivity contribution in [2.45, 2.75) is 53.6 Å². The van der Waals surface area contributed by atoms with Gasteiger partial charge in [0.15, 0.2) is 0 Å². The molecule has 180 valence electrons.